The van der Waals surface area contributed by atoms with Crippen molar-refractivity contribution in [1.29, 1.82) is 5.26 Å². The molecule has 2 rings (SSSR count). The zero-order valence-corrected chi connectivity index (χ0v) is 12.5. The van der Waals surface area contributed by atoms with E-state index in [1.165, 1.54) is 11.8 Å². The molecule has 1 amide bonds. The van der Waals surface area contributed by atoms with Gasteiger partial charge in [-0.3, -0.25) is 4.79 Å². The van der Waals surface area contributed by atoms with E-state index < -0.39 is 0 Å². The Bertz CT molecular complexity index is 690. The van der Waals surface area contributed by atoms with Crippen LogP contribution in [0.1, 0.15) is 10.4 Å². The second kappa shape index (κ2) is 7.53. The molecule has 0 bridgehead atoms. The Morgan fingerprint density at radius 2 is 1.81 bits per heavy atom. The number of nitriles is 1. The minimum atomic E-state index is -0.305. The molecule has 21 heavy (non-hydrogen) atoms. The van der Waals surface area contributed by atoms with Crippen LogP contribution in [0.25, 0.3) is 0 Å². The number of nitrogens with zero attached hydrogens (tertiary/aromatic N) is 1. The second-order valence-electron chi connectivity index (χ2n) is 4.04. The summed E-state index contributed by atoms with van der Waals surface area (Å²) in [5.74, 6) is -0.305. The number of hydrogen-bond acceptors (Lipinski definition) is 3. The minimum Gasteiger partial charge on any atom is -0.313 e. The quantitative estimate of drug-likeness (QED) is 0.679. The van der Waals surface area contributed by atoms with E-state index in [1.807, 2.05) is 24.3 Å². The van der Waals surface area contributed by atoms with Crippen molar-refractivity contribution in [2.75, 3.05) is 0 Å². The van der Waals surface area contributed by atoms with Crippen LogP contribution in [0, 0.1) is 11.3 Å². The van der Waals surface area contributed by atoms with Crippen molar-refractivity contribution in [2.24, 2.45) is 0 Å². The highest BCUT2D eigenvalue weighted by Crippen LogP contribution is 2.22. The number of allylic oxidation sites excluding steroid dienone is 1. The third kappa shape index (κ3) is 4.67. The fourth-order valence-corrected chi connectivity index (χ4v) is 2.29. The Morgan fingerprint density at radius 3 is 2.43 bits per heavy atom. The van der Waals surface area contributed by atoms with Gasteiger partial charge in [0, 0.05) is 20.9 Å². The summed E-state index contributed by atoms with van der Waals surface area (Å²) < 4.78 is 0. The van der Waals surface area contributed by atoms with E-state index in [9.17, 15) is 4.79 Å². The minimum absolute atomic E-state index is 0.198. The molecule has 3 nitrogen and oxygen atoms in total. The molecule has 5 heteroatoms. The standard InChI is InChI=1S/C16H11ClN2OS/c17-13-6-8-15(9-7-13)21-11-14(10-18)19-16(20)12-4-2-1-3-5-12/h1-9,11H,(H,19,20)/b14-11+. The molecule has 0 aliphatic carbocycles. The van der Waals surface area contributed by atoms with Crippen molar-refractivity contribution in [3.63, 3.8) is 0 Å². The number of carbonyl (C=O) groups excluding carboxylic acids is 1. The summed E-state index contributed by atoms with van der Waals surface area (Å²) in [6.45, 7) is 0. The molecule has 0 spiro atoms. The number of carbonyl (C=O) groups is 1. The van der Waals surface area contributed by atoms with Crippen molar-refractivity contribution in [3.8, 4) is 6.07 Å². The molecule has 0 atom stereocenters. The summed E-state index contributed by atoms with van der Waals surface area (Å²) in [7, 11) is 0. The van der Waals surface area contributed by atoms with Gasteiger partial charge in [-0.15, -0.1) is 0 Å². The van der Waals surface area contributed by atoms with Crippen molar-refractivity contribution >= 4 is 29.3 Å². The van der Waals surface area contributed by atoms with Gasteiger partial charge in [0.05, 0.1) is 0 Å². The second-order valence-corrected chi connectivity index (χ2v) is 5.41. The number of rotatable bonds is 4. The first-order valence-electron chi connectivity index (χ1n) is 6.08. The Labute approximate surface area is 132 Å². The number of nitrogens with one attached hydrogen (secondary N) is 1. The molecule has 0 fully saturated rings. The van der Waals surface area contributed by atoms with Crippen LogP contribution in [-0.4, -0.2) is 5.91 Å². The number of benzene rings is 2. The lowest BCUT2D eigenvalue weighted by molar-refractivity contribution is 0.0967. The smallest absolute Gasteiger partial charge is 0.256 e. The fourth-order valence-electron chi connectivity index (χ4n) is 1.51. The van der Waals surface area contributed by atoms with Gasteiger partial charge in [-0.25, -0.2) is 0 Å². The summed E-state index contributed by atoms with van der Waals surface area (Å²) in [5.41, 5.74) is 0.707. The van der Waals surface area contributed by atoms with E-state index in [-0.39, 0.29) is 11.6 Å². The fraction of sp³-hybridized carbons (Fsp3) is 0. The highest BCUT2D eigenvalue weighted by molar-refractivity contribution is 8.02. The van der Waals surface area contributed by atoms with E-state index in [1.54, 1.807) is 41.8 Å². The lowest BCUT2D eigenvalue weighted by atomic mass is 10.2. The zero-order chi connectivity index (χ0) is 15.1. The molecule has 1 N–H and O–H groups in total. The summed E-state index contributed by atoms with van der Waals surface area (Å²) in [4.78, 5) is 12.9. The van der Waals surface area contributed by atoms with Crippen LogP contribution in [-0.2, 0) is 0 Å². The maximum atomic E-state index is 11.9. The molecule has 0 aliphatic heterocycles. The normalized spacial score (nSPS) is 10.8. The summed E-state index contributed by atoms with van der Waals surface area (Å²) >= 11 is 7.15. The average molecular weight is 315 g/mol. The predicted molar refractivity (Wildman–Crippen MR) is 84.9 cm³/mol. The first kappa shape index (κ1) is 15.2. The van der Waals surface area contributed by atoms with Crippen molar-refractivity contribution < 1.29 is 4.79 Å². The van der Waals surface area contributed by atoms with Crippen LogP contribution in [0.15, 0.2) is 70.6 Å². The van der Waals surface area contributed by atoms with Gasteiger partial charge in [-0.2, -0.15) is 5.26 Å². The van der Waals surface area contributed by atoms with Crippen LogP contribution < -0.4 is 5.32 Å². The molecule has 0 aliphatic rings. The molecule has 2 aromatic rings. The Hall–Kier alpha value is -2.22. The third-order valence-corrected chi connectivity index (χ3v) is 3.68. The zero-order valence-electron chi connectivity index (χ0n) is 10.9. The highest BCUT2D eigenvalue weighted by Gasteiger charge is 2.06. The molecule has 104 valence electrons. The van der Waals surface area contributed by atoms with Crippen LogP contribution in [0.5, 0.6) is 0 Å². The molecule has 0 saturated heterocycles. The predicted octanol–water partition coefficient (Wildman–Crippen LogP) is 4.23. The molecule has 2 aromatic carbocycles. The number of thioether (sulfide) groups is 1. The lowest BCUT2D eigenvalue weighted by Crippen LogP contribution is -2.21. The Balaban J connectivity index is 2.03. The molecule has 0 unspecified atom stereocenters. The van der Waals surface area contributed by atoms with Gasteiger partial charge in [0.15, 0.2) is 0 Å². The van der Waals surface area contributed by atoms with Gasteiger partial charge in [0.1, 0.15) is 11.8 Å². The largest absolute Gasteiger partial charge is 0.313 e. The number of halogens is 1. The molecular weight excluding hydrogens is 304 g/mol. The Kier molecular flexibility index (Phi) is 5.44. The summed E-state index contributed by atoms with van der Waals surface area (Å²) in [6, 6.07) is 17.9. The van der Waals surface area contributed by atoms with Gasteiger partial charge in [0.25, 0.3) is 5.91 Å². The van der Waals surface area contributed by atoms with E-state index in [4.69, 9.17) is 16.9 Å². The average Bonchev–Trinajstić information content (AvgIpc) is 2.53. The molecular formula is C16H11ClN2OS. The van der Waals surface area contributed by atoms with Crippen molar-refractivity contribution in [2.45, 2.75) is 4.90 Å². The first-order chi connectivity index (χ1) is 10.2. The van der Waals surface area contributed by atoms with Gasteiger partial charge in [-0.05, 0) is 36.4 Å². The van der Waals surface area contributed by atoms with Gasteiger partial charge in [0.2, 0.25) is 0 Å². The molecule has 0 heterocycles. The van der Waals surface area contributed by atoms with Crippen LogP contribution in [0.3, 0.4) is 0 Å². The van der Waals surface area contributed by atoms with Crippen LogP contribution in [0.4, 0.5) is 0 Å². The molecule has 0 aromatic heterocycles. The van der Waals surface area contributed by atoms with Crippen LogP contribution >= 0.6 is 23.4 Å². The van der Waals surface area contributed by atoms with Gasteiger partial charge >= 0.3 is 0 Å². The van der Waals surface area contributed by atoms with Crippen molar-refractivity contribution in [1.82, 2.24) is 5.32 Å². The third-order valence-electron chi connectivity index (χ3n) is 2.53. The molecule has 0 saturated carbocycles. The van der Waals surface area contributed by atoms with E-state index in [0.717, 1.165) is 4.90 Å². The van der Waals surface area contributed by atoms with Crippen LogP contribution in [0.2, 0.25) is 5.02 Å². The Morgan fingerprint density at radius 1 is 1.14 bits per heavy atom. The van der Waals surface area contributed by atoms with Crippen molar-refractivity contribution in [3.05, 3.63) is 76.3 Å². The highest BCUT2D eigenvalue weighted by atomic mass is 35.5. The van der Waals surface area contributed by atoms with E-state index in [0.29, 0.717) is 10.6 Å². The maximum Gasteiger partial charge on any atom is 0.256 e. The lowest BCUT2D eigenvalue weighted by Gasteiger charge is -2.03. The monoisotopic (exact) mass is 314 g/mol. The topological polar surface area (TPSA) is 52.9 Å². The van der Waals surface area contributed by atoms with Gasteiger partial charge in [-0.1, -0.05) is 41.6 Å². The summed E-state index contributed by atoms with van der Waals surface area (Å²) in [6.07, 6.45) is 0. The SMILES string of the molecule is N#C/C(=C\Sc1ccc(Cl)cc1)NC(=O)c1ccccc1. The number of hydrogen-bond donors (Lipinski definition) is 1. The summed E-state index contributed by atoms with van der Waals surface area (Å²) in [5, 5.41) is 13.9. The first-order valence-corrected chi connectivity index (χ1v) is 7.33. The van der Waals surface area contributed by atoms with E-state index in [2.05, 4.69) is 5.32 Å². The molecule has 0 radical (unpaired) electrons. The van der Waals surface area contributed by atoms with Gasteiger partial charge < -0.3 is 5.32 Å². The number of amides is 1. The van der Waals surface area contributed by atoms with E-state index >= 15 is 0 Å². The maximum absolute atomic E-state index is 11.9.